The summed E-state index contributed by atoms with van der Waals surface area (Å²) in [7, 11) is 0. The van der Waals surface area contributed by atoms with Crippen molar-refractivity contribution in [2.45, 2.75) is 12.3 Å². The summed E-state index contributed by atoms with van der Waals surface area (Å²) in [6, 6.07) is 18.3. The highest BCUT2D eigenvalue weighted by Crippen LogP contribution is 2.48. The Hall–Kier alpha value is -2.00. The van der Waals surface area contributed by atoms with Crippen LogP contribution >= 0.6 is 11.6 Å². The van der Waals surface area contributed by atoms with Crippen molar-refractivity contribution in [3.8, 4) is 0 Å². The van der Waals surface area contributed by atoms with Gasteiger partial charge in [-0.25, -0.2) is 0 Å². The van der Waals surface area contributed by atoms with E-state index in [1.165, 1.54) is 5.56 Å². The van der Waals surface area contributed by atoms with E-state index >= 15 is 0 Å². The lowest BCUT2D eigenvalue weighted by Gasteiger charge is -2.36. The maximum atomic E-state index is 12.7. The second kappa shape index (κ2) is 6.48. The summed E-state index contributed by atoms with van der Waals surface area (Å²) in [4.78, 5) is 17.1. The fraction of sp³-hybridized carbons (Fsp3) is 0.350. The van der Waals surface area contributed by atoms with Crippen molar-refractivity contribution in [3.05, 3.63) is 65.2 Å². The van der Waals surface area contributed by atoms with Gasteiger partial charge >= 0.3 is 0 Å². The normalized spacial score (nSPS) is 23.2. The lowest BCUT2D eigenvalue weighted by molar-refractivity contribution is -0.132. The fourth-order valence-corrected chi connectivity index (χ4v) is 3.81. The molecule has 1 heterocycles. The van der Waals surface area contributed by atoms with Crippen LogP contribution in [0.3, 0.4) is 0 Å². The molecule has 0 aromatic heterocycles. The Kier molecular flexibility index (Phi) is 4.19. The monoisotopic (exact) mass is 340 g/mol. The predicted molar refractivity (Wildman–Crippen MR) is 97.5 cm³/mol. The van der Waals surface area contributed by atoms with E-state index in [2.05, 4.69) is 35.2 Å². The smallest absolute Gasteiger partial charge is 0.226 e. The summed E-state index contributed by atoms with van der Waals surface area (Å²) in [6.07, 6.45) is 0.997. The SMILES string of the molecule is O=C([C@@H]1C[C@@H]1c1ccccc1)N1CCN(c2cccc(Cl)c2)CC1. The second-order valence-corrected chi connectivity index (χ2v) is 7.09. The number of anilines is 1. The van der Waals surface area contributed by atoms with Crippen LogP contribution in [0.1, 0.15) is 17.9 Å². The topological polar surface area (TPSA) is 23.6 Å². The van der Waals surface area contributed by atoms with Crippen molar-refractivity contribution in [1.29, 1.82) is 0 Å². The van der Waals surface area contributed by atoms with E-state index in [1.807, 2.05) is 29.2 Å². The van der Waals surface area contributed by atoms with Crippen LogP contribution in [-0.2, 0) is 4.79 Å². The third kappa shape index (κ3) is 3.13. The third-order valence-electron chi connectivity index (χ3n) is 5.10. The zero-order valence-electron chi connectivity index (χ0n) is 13.6. The Morgan fingerprint density at radius 1 is 0.958 bits per heavy atom. The summed E-state index contributed by atoms with van der Waals surface area (Å²) in [5.41, 5.74) is 2.44. The Labute approximate surface area is 147 Å². The first-order valence-electron chi connectivity index (χ1n) is 8.56. The lowest BCUT2D eigenvalue weighted by atomic mass is 10.1. The summed E-state index contributed by atoms with van der Waals surface area (Å²) in [5.74, 6) is 0.935. The number of carbonyl (C=O) groups excluding carboxylic acids is 1. The number of benzene rings is 2. The van der Waals surface area contributed by atoms with Crippen LogP contribution in [0.5, 0.6) is 0 Å². The minimum Gasteiger partial charge on any atom is -0.368 e. The molecule has 1 saturated heterocycles. The second-order valence-electron chi connectivity index (χ2n) is 6.65. The van der Waals surface area contributed by atoms with Gasteiger partial charge in [0.15, 0.2) is 0 Å². The number of rotatable bonds is 3. The zero-order valence-corrected chi connectivity index (χ0v) is 14.3. The third-order valence-corrected chi connectivity index (χ3v) is 5.34. The molecule has 0 spiro atoms. The number of carbonyl (C=O) groups is 1. The highest BCUT2D eigenvalue weighted by Gasteiger charge is 2.45. The predicted octanol–water partition coefficient (Wildman–Crippen LogP) is 3.79. The molecule has 0 unspecified atom stereocenters. The van der Waals surface area contributed by atoms with Crippen LogP contribution in [0.25, 0.3) is 0 Å². The summed E-state index contributed by atoms with van der Waals surface area (Å²) in [6.45, 7) is 3.33. The molecule has 1 aliphatic heterocycles. The highest BCUT2D eigenvalue weighted by molar-refractivity contribution is 6.30. The highest BCUT2D eigenvalue weighted by atomic mass is 35.5. The molecule has 2 aromatic carbocycles. The molecule has 1 aliphatic carbocycles. The van der Waals surface area contributed by atoms with Gasteiger partial charge in [0.1, 0.15) is 0 Å². The zero-order chi connectivity index (χ0) is 16.5. The van der Waals surface area contributed by atoms with Gasteiger partial charge in [0.25, 0.3) is 0 Å². The van der Waals surface area contributed by atoms with E-state index < -0.39 is 0 Å². The number of hydrogen-bond donors (Lipinski definition) is 0. The van der Waals surface area contributed by atoms with Crippen LogP contribution in [0.2, 0.25) is 5.02 Å². The van der Waals surface area contributed by atoms with Gasteiger partial charge in [-0.2, -0.15) is 0 Å². The van der Waals surface area contributed by atoms with Gasteiger partial charge in [0.05, 0.1) is 0 Å². The van der Waals surface area contributed by atoms with Gasteiger partial charge in [-0.3, -0.25) is 4.79 Å². The molecule has 0 N–H and O–H groups in total. The molecule has 2 aromatic rings. The van der Waals surface area contributed by atoms with Gasteiger partial charge in [-0.15, -0.1) is 0 Å². The van der Waals surface area contributed by atoms with Gasteiger partial charge in [-0.1, -0.05) is 48.0 Å². The molecule has 24 heavy (non-hydrogen) atoms. The van der Waals surface area contributed by atoms with Gasteiger partial charge in [0.2, 0.25) is 5.91 Å². The Bertz CT molecular complexity index is 725. The van der Waals surface area contributed by atoms with Crippen LogP contribution in [0.15, 0.2) is 54.6 Å². The average Bonchev–Trinajstić information content (AvgIpc) is 3.43. The van der Waals surface area contributed by atoms with E-state index in [9.17, 15) is 4.79 Å². The molecule has 1 amide bonds. The van der Waals surface area contributed by atoms with Crippen LogP contribution < -0.4 is 4.90 Å². The fourth-order valence-electron chi connectivity index (χ4n) is 3.63. The quantitative estimate of drug-likeness (QED) is 0.848. The molecule has 2 atom stereocenters. The van der Waals surface area contributed by atoms with E-state index in [0.717, 1.165) is 43.3 Å². The molecule has 2 fully saturated rings. The molecule has 0 radical (unpaired) electrons. The van der Waals surface area contributed by atoms with Gasteiger partial charge in [0, 0.05) is 42.8 Å². The summed E-state index contributed by atoms with van der Waals surface area (Å²) >= 11 is 6.08. The van der Waals surface area contributed by atoms with Crippen molar-refractivity contribution in [2.24, 2.45) is 5.92 Å². The first-order chi connectivity index (χ1) is 11.7. The summed E-state index contributed by atoms with van der Waals surface area (Å²) in [5, 5.41) is 0.759. The molecular weight excluding hydrogens is 320 g/mol. The first kappa shape index (κ1) is 15.5. The number of halogens is 1. The van der Waals surface area contributed by atoms with E-state index in [1.54, 1.807) is 0 Å². The molecule has 0 bridgehead atoms. The number of nitrogens with zero attached hydrogens (tertiary/aromatic N) is 2. The largest absolute Gasteiger partial charge is 0.368 e. The standard InChI is InChI=1S/C20H21ClN2O/c21-16-7-4-8-17(13-16)22-9-11-23(12-10-22)20(24)19-14-18(19)15-5-2-1-3-6-15/h1-8,13,18-19H,9-12,14H2/t18-,19-/m1/s1. The first-order valence-corrected chi connectivity index (χ1v) is 8.94. The van der Waals surface area contributed by atoms with Crippen molar-refractivity contribution in [2.75, 3.05) is 31.1 Å². The minimum absolute atomic E-state index is 0.185. The van der Waals surface area contributed by atoms with Gasteiger partial charge < -0.3 is 9.80 Å². The molecule has 1 saturated carbocycles. The maximum absolute atomic E-state index is 12.7. The molecular formula is C20H21ClN2O. The summed E-state index contributed by atoms with van der Waals surface area (Å²) < 4.78 is 0. The Morgan fingerprint density at radius 2 is 1.71 bits per heavy atom. The van der Waals surface area contributed by atoms with Gasteiger partial charge in [-0.05, 0) is 36.1 Å². The maximum Gasteiger partial charge on any atom is 0.226 e. The Balaban J connectivity index is 1.34. The number of amides is 1. The lowest BCUT2D eigenvalue weighted by Crippen LogP contribution is -2.49. The molecule has 3 nitrogen and oxygen atoms in total. The minimum atomic E-state index is 0.185. The molecule has 124 valence electrons. The molecule has 2 aliphatic rings. The number of hydrogen-bond acceptors (Lipinski definition) is 2. The van der Waals surface area contributed by atoms with Crippen LogP contribution in [0.4, 0.5) is 5.69 Å². The van der Waals surface area contributed by atoms with E-state index in [0.29, 0.717) is 11.8 Å². The average molecular weight is 341 g/mol. The van der Waals surface area contributed by atoms with Crippen molar-refractivity contribution in [1.82, 2.24) is 4.90 Å². The molecule has 4 rings (SSSR count). The van der Waals surface area contributed by atoms with Crippen molar-refractivity contribution < 1.29 is 4.79 Å². The van der Waals surface area contributed by atoms with Crippen LogP contribution in [0, 0.1) is 5.92 Å². The van der Waals surface area contributed by atoms with Crippen molar-refractivity contribution in [3.63, 3.8) is 0 Å². The molecule has 4 heteroatoms. The Morgan fingerprint density at radius 3 is 2.42 bits per heavy atom. The van der Waals surface area contributed by atoms with Crippen molar-refractivity contribution >= 4 is 23.2 Å². The van der Waals surface area contributed by atoms with E-state index in [-0.39, 0.29) is 5.92 Å². The van der Waals surface area contributed by atoms with Crippen LogP contribution in [-0.4, -0.2) is 37.0 Å². The van der Waals surface area contributed by atoms with E-state index in [4.69, 9.17) is 11.6 Å². The number of piperazine rings is 1.